The highest BCUT2D eigenvalue weighted by Gasteiger charge is 2.21. The van der Waals surface area contributed by atoms with Crippen molar-refractivity contribution in [2.45, 2.75) is 32.1 Å². The molecule has 1 aliphatic heterocycles. The van der Waals surface area contributed by atoms with Gasteiger partial charge in [0.2, 0.25) is 5.91 Å². The maximum Gasteiger partial charge on any atom is 0.255 e. The summed E-state index contributed by atoms with van der Waals surface area (Å²) in [5.74, 6) is -0.175. The number of amides is 2. The minimum atomic E-state index is -0.153. The lowest BCUT2D eigenvalue weighted by atomic mass is 10.1. The molecule has 0 unspecified atom stereocenters. The first kappa shape index (κ1) is 19.7. The van der Waals surface area contributed by atoms with Crippen molar-refractivity contribution in [3.63, 3.8) is 0 Å². The molecule has 2 amide bonds. The molecule has 0 spiro atoms. The van der Waals surface area contributed by atoms with E-state index in [-0.39, 0.29) is 18.2 Å². The zero-order valence-electron chi connectivity index (χ0n) is 15.0. The molecule has 1 saturated heterocycles. The van der Waals surface area contributed by atoms with E-state index in [4.69, 9.17) is 23.2 Å². The number of carbonyl (C=O) groups is 2. The van der Waals surface area contributed by atoms with E-state index >= 15 is 0 Å². The van der Waals surface area contributed by atoms with Crippen molar-refractivity contribution < 1.29 is 9.59 Å². The molecule has 1 heterocycles. The number of hydrogen-bond acceptors (Lipinski definition) is 2. The first-order valence-electron chi connectivity index (χ1n) is 9.16. The Bertz CT molecular complexity index is 833. The van der Waals surface area contributed by atoms with Crippen LogP contribution in [-0.4, -0.2) is 29.8 Å². The molecule has 142 valence electrons. The van der Waals surface area contributed by atoms with E-state index < -0.39 is 0 Å². The maximum atomic E-state index is 12.8. The monoisotopic (exact) mass is 404 g/mol. The largest absolute Gasteiger partial charge is 0.339 e. The molecule has 0 aromatic heterocycles. The fraction of sp³-hybridized carbons (Fsp3) is 0.333. The predicted molar refractivity (Wildman–Crippen MR) is 110 cm³/mol. The summed E-state index contributed by atoms with van der Waals surface area (Å²) in [5.41, 5.74) is 1.96. The summed E-state index contributed by atoms with van der Waals surface area (Å²) in [7, 11) is 0. The number of benzene rings is 2. The van der Waals surface area contributed by atoms with Crippen LogP contribution in [0.2, 0.25) is 10.0 Å². The lowest BCUT2D eigenvalue weighted by Crippen LogP contribution is -2.36. The van der Waals surface area contributed by atoms with Crippen molar-refractivity contribution in [1.82, 2.24) is 4.90 Å². The van der Waals surface area contributed by atoms with E-state index in [0.29, 0.717) is 27.7 Å². The van der Waals surface area contributed by atoms with Gasteiger partial charge >= 0.3 is 0 Å². The summed E-state index contributed by atoms with van der Waals surface area (Å²) in [6.45, 7) is 1.55. The number of halogens is 2. The van der Waals surface area contributed by atoms with Crippen molar-refractivity contribution in [2.24, 2.45) is 0 Å². The SMILES string of the molecule is O=C(CCc1ccc(Cl)cc1Cl)Nc1ccccc1C(=O)N1CCCCC1. The van der Waals surface area contributed by atoms with Gasteiger partial charge in [-0.15, -0.1) is 0 Å². The number of piperidine rings is 1. The molecule has 1 aliphatic rings. The van der Waals surface area contributed by atoms with E-state index in [1.54, 1.807) is 24.3 Å². The smallest absolute Gasteiger partial charge is 0.255 e. The van der Waals surface area contributed by atoms with E-state index in [1.165, 1.54) is 0 Å². The van der Waals surface area contributed by atoms with Gasteiger partial charge in [-0.2, -0.15) is 0 Å². The second kappa shape index (κ2) is 9.25. The van der Waals surface area contributed by atoms with Crippen LogP contribution < -0.4 is 5.32 Å². The van der Waals surface area contributed by atoms with Crippen LogP contribution in [0.25, 0.3) is 0 Å². The van der Waals surface area contributed by atoms with Crippen LogP contribution in [0.3, 0.4) is 0 Å². The average molecular weight is 405 g/mol. The topological polar surface area (TPSA) is 49.4 Å². The Morgan fingerprint density at radius 1 is 1.00 bits per heavy atom. The van der Waals surface area contributed by atoms with Crippen LogP contribution in [-0.2, 0) is 11.2 Å². The fourth-order valence-electron chi connectivity index (χ4n) is 3.23. The van der Waals surface area contributed by atoms with Crippen molar-refractivity contribution in [1.29, 1.82) is 0 Å². The van der Waals surface area contributed by atoms with Crippen LogP contribution in [0, 0.1) is 0 Å². The average Bonchev–Trinajstić information content (AvgIpc) is 2.68. The standard InChI is InChI=1S/C21H22Cl2N2O2/c22-16-10-8-15(18(23)14-16)9-11-20(26)24-19-7-3-2-6-17(19)21(27)25-12-4-1-5-13-25/h2-3,6-8,10,14H,1,4-5,9,11-13H2,(H,24,26). The van der Waals surface area contributed by atoms with Crippen molar-refractivity contribution >= 4 is 40.7 Å². The molecule has 27 heavy (non-hydrogen) atoms. The zero-order chi connectivity index (χ0) is 19.2. The zero-order valence-corrected chi connectivity index (χ0v) is 16.5. The molecule has 3 rings (SSSR count). The minimum absolute atomic E-state index is 0.0219. The number of carbonyl (C=O) groups excluding carboxylic acids is 2. The Morgan fingerprint density at radius 2 is 1.74 bits per heavy atom. The van der Waals surface area contributed by atoms with Crippen LogP contribution in [0.4, 0.5) is 5.69 Å². The molecule has 0 aliphatic carbocycles. The third-order valence-corrected chi connectivity index (χ3v) is 5.30. The number of para-hydroxylation sites is 1. The highest BCUT2D eigenvalue weighted by molar-refractivity contribution is 6.35. The fourth-order valence-corrected chi connectivity index (χ4v) is 3.73. The molecule has 2 aromatic carbocycles. The first-order chi connectivity index (χ1) is 13.0. The Hall–Kier alpha value is -2.04. The molecule has 2 aromatic rings. The predicted octanol–water partition coefficient (Wildman–Crippen LogP) is 5.19. The molecule has 4 nitrogen and oxygen atoms in total. The number of nitrogens with zero attached hydrogens (tertiary/aromatic N) is 1. The molecule has 0 atom stereocenters. The Labute approximate surface area is 169 Å². The first-order valence-corrected chi connectivity index (χ1v) is 9.92. The van der Waals surface area contributed by atoms with Gasteiger partial charge in [-0.05, 0) is 55.5 Å². The van der Waals surface area contributed by atoms with E-state index in [0.717, 1.165) is 37.9 Å². The van der Waals surface area contributed by atoms with Gasteiger partial charge in [0.25, 0.3) is 5.91 Å². The highest BCUT2D eigenvalue weighted by Crippen LogP contribution is 2.23. The van der Waals surface area contributed by atoms with Crippen molar-refractivity contribution in [2.75, 3.05) is 18.4 Å². The summed E-state index contributed by atoms with van der Waals surface area (Å²) in [4.78, 5) is 27.1. The number of nitrogens with one attached hydrogen (secondary N) is 1. The number of rotatable bonds is 5. The number of aryl methyl sites for hydroxylation is 1. The Morgan fingerprint density at radius 3 is 2.48 bits per heavy atom. The van der Waals surface area contributed by atoms with E-state index in [2.05, 4.69) is 5.32 Å². The van der Waals surface area contributed by atoms with Crippen LogP contribution in [0.1, 0.15) is 41.6 Å². The molecule has 1 fully saturated rings. The quantitative estimate of drug-likeness (QED) is 0.744. The molecule has 6 heteroatoms. The Balaban J connectivity index is 1.64. The third-order valence-electron chi connectivity index (χ3n) is 4.71. The summed E-state index contributed by atoms with van der Waals surface area (Å²) in [6, 6.07) is 12.4. The number of likely N-dealkylation sites (tertiary alicyclic amines) is 1. The molecule has 0 radical (unpaired) electrons. The Kier molecular flexibility index (Phi) is 6.75. The lowest BCUT2D eigenvalue weighted by Gasteiger charge is -2.27. The van der Waals surface area contributed by atoms with Gasteiger partial charge < -0.3 is 10.2 Å². The van der Waals surface area contributed by atoms with E-state index in [9.17, 15) is 9.59 Å². The third kappa shape index (κ3) is 5.24. The maximum absolute atomic E-state index is 12.8. The number of anilines is 1. The second-order valence-electron chi connectivity index (χ2n) is 6.68. The lowest BCUT2D eigenvalue weighted by molar-refractivity contribution is -0.116. The van der Waals surface area contributed by atoms with Crippen LogP contribution >= 0.6 is 23.2 Å². The normalized spacial score (nSPS) is 14.1. The van der Waals surface area contributed by atoms with Gasteiger partial charge in [0, 0.05) is 29.6 Å². The number of hydrogen-bond donors (Lipinski definition) is 1. The molecule has 0 saturated carbocycles. The van der Waals surface area contributed by atoms with Gasteiger partial charge in [0.1, 0.15) is 0 Å². The van der Waals surface area contributed by atoms with Gasteiger partial charge in [0.15, 0.2) is 0 Å². The van der Waals surface area contributed by atoms with Crippen LogP contribution in [0.5, 0.6) is 0 Å². The minimum Gasteiger partial charge on any atom is -0.339 e. The summed E-state index contributed by atoms with van der Waals surface area (Å²) < 4.78 is 0. The molecule has 0 bridgehead atoms. The second-order valence-corrected chi connectivity index (χ2v) is 7.53. The van der Waals surface area contributed by atoms with Crippen molar-refractivity contribution in [3.05, 3.63) is 63.6 Å². The highest BCUT2D eigenvalue weighted by atomic mass is 35.5. The summed E-state index contributed by atoms with van der Waals surface area (Å²) in [6.07, 6.45) is 4.00. The molecule has 1 N–H and O–H groups in total. The van der Waals surface area contributed by atoms with Crippen molar-refractivity contribution in [3.8, 4) is 0 Å². The summed E-state index contributed by atoms with van der Waals surface area (Å²) >= 11 is 12.1. The van der Waals surface area contributed by atoms with E-state index in [1.807, 2.05) is 23.1 Å². The molecular weight excluding hydrogens is 383 g/mol. The van der Waals surface area contributed by atoms with Gasteiger partial charge in [-0.25, -0.2) is 0 Å². The summed E-state index contributed by atoms with van der Waals surface area (Å²) in [5, 5.41) is 4.00. The molecular formula is C21H22Cl2N2O2. The van der Waals surface area contributed by atoms with Gasteiger partial charge in [-0.3, -0.25) is 9.59 Å². The van der Waals surface area contributed by atoms with Gasteiger partial charge in [-0.1, -0.05) is 41.4 Å². The van der Waals surface area contributed by atoms with Gasteiger partial charge in [0.05, 0.1) is 11.3 Å². The van der Waals surface area contributed by atoms with Crippen LogP contribution in [0.15, 0.2) is 42.5 Å².